The number of likely N-dealkylation sites (tertiary alicyclic amines) is 1. The zero-order chi connectivity index (χ0) is 17.9. The average molecular weight is 369 g/mol. The summed E-state index contributed by atoms with van der Waals surface area (Å²) in [5, 5.41) is 5.24. The largest absolute Gasteiger partial charge is 0.352 e. The maximum atomic E-state index is 12.6. The van der Waals surface area contributed by atoms with Crippen molar-refractivity contribution in [3.05, 3.63) is 51.5 Å². The Balaban J connectivity index is 1.33. The fourth-order valence-electron chi connectivity index (χ4n) is 3.85. The first-order valence-electron chi connectivity index (χ1n) is 9.23. The van der Waals surface area contributed by atoms with Crippen molar-refractivity contribution in [1.29, 1.82) is 0 Å². The highest BCUT2D eigenvalue weighted by atomic mass is 32.1. The monoisotopic (exact) mass is 369 g/mol. The Morgan fingerprint density at radius 3 is 3.08 bits per heavy atom. The number of pyridine rings is 1. The van der Waals surface area contributed by atoms with E-state index in [1.807, 2.05) is 23.5 Å². The predicted molar refractivity (Wildman–Crippen MR) is 101 cm³/mol. The van der Waals surface area contributed by atoms with Gasteiger partial charge in [-0.3, -0.25) is 14.6 Å². The van der Waals surface area contributed by atoms with Crippen LogP contribution in [0, 0.1) is 5.92 Å². The molecular weight excluding hydrogens is 346 g/mol. The van der Waals surface area contributed by atoms with Gasteiger partial charge in [-0.15, -0.1) is 11.3 Å². The van der Waals surface area contributed by atoms with Crippen LogP contribution >= 0.6 is 11.3 Å². The summed E-state index contributed by atoms with van der Waals surface area (Å²) in [4.78, 5) is 32.1. The molecule has 2 amide bonds. The minimum Gasteiger partial charge on any atom is -0.352 e. The maximum absolute atomic E-state index is 12.6. The Morgan fingerprint density at radius 1 is 1.35 bits per heavy atom. The van der Waals surface area contributed by atoms with E-state index < -0.39 is 0 Å². The summed E-state index contributed by atoms with van der Waals surface area (Å²) >= 11 is 1.82. The summed E-state index contributed by atoms with van der Waals surface area (Å²) in [6, 6.07) is 3.81. The molecule has 26 heavy (non-hydrogen) atoms. The molecule has 1 aliphatic carbocycles. The molecule has 3 heterocycles. The summed E-state index contributed by atoms with van der Waals surface area (Å²) < 4.78 is 0. The Hall–Kier alpha value is -2.21. The Morgan fingerprint density at radius 2 is 2.23 bits per heavy atom. The number of hydrogen-bond donors (Lipinski definition) is 1. The number of fused-ring (bicyclic) bond motifs is 1. The molecule has 136 valence electrons. The number of hydrogen-bond acceptors (Lipinski definition) is 4. The third-order valence-corrected chi connectivity index (χ3v) is 6.42. The molecule has 5 nitrogen and oxygen atoms in total. The fraction of sp³-hybridized carbons (Fsp3) is 0.450. The van der Waals surface area contributed by atoms with Crippen LogP contribution in [0.1, 0.15) is 40.8 Å². The van der Waals surface area contributed by atoms with Gasteiger partial charge in [-0.05, 0) is 53.8 Å². The first-order valence-corrected chi connectivity index (χ1v) is 10.1. The van der Waals surface area contributed by atoms with Gasteiger partial charge in [-0.25, -0.2) is 0 Å². The van der Waals surface area contributed by atoms with Crippen molar-refractivity contribution in [3.8, 4) is 0 Å². The molecule has 1 aliphatic heterocycles. The number of aromatic nitrogens is 1. The topological polar surface area (TPSA) is 62.3 Å². The van der Waals surface area contributed by atoms with Gasteiger partial charge < -0.3 is 10.2 Å². The Bertz CT molecular complexity index is 803. The standard InChI is InChI=1S/C20H23N3O2S/c24-19-8-15(12-23(19)11-14-4-3-7-21-9-14)20(25)22-10-16-13-26-18-6-2-1-5-17(16)18/h3-4,7,9,13,15H,1-2,5-6,8,10-12H2,(H,22,25)/t15-/m1/s1. The van der Waals surface area contributed by atoms with E-state index >= 15 is 0 Å². The molecule has 6 heteroatoms. The zero-order valence-electron chi connectivity index (χ0n) is 14.7. The van der Waals surface area contributed by atoms with Crippen LogP contribution < -0.4 is 5.32 Å². The second kappa shape index (κ2) is 7.58. The van der Waals surface area contributed by atoms with E-state index in [9.17, 15) is 9.59 Å². The average Bonchev–Trinajstić information content (AvgIpc) is 3.24. The number of nitrogens with zero attached hydrogens (tertiary/aromatic N) is 2. The van der Waals surface area contributed by atoms with Gasteiger partial charge in [0.15, 0.2) is 0 Å². The lowest BCUT2D eigenvalue weighted by atomic mass is 9.96. The van der Waals surface area contributed by atoms with Crippen LogP contribution in [0.4, 0.5) is 0 Å². The van der Waals surface area contributed by atoms with Crippen molar-refractivity contribution < 1.29 is 9.59 Å². The normalized spacial score (nSPS) is 19.5. The van der Waals surface area contributed by atoms with Gasteiger partial charge in [-0.1, -0.05) is 6.07 Å². The summed E-state index contributed by atoms with van der Waals surface area (Å²) in [7, 11) is 0. The van der Waals surface area contributed by atoms with E-state index in [0.29, 0.717) is 26.1 Å². The second-order valence-corrected chi connectivity index (χ2v) is 8.09. The van der Waals surface area contributed by atoms with Gasteiger partial charge >= 0.3 is 0 Å². The van der Waals surface area contributed by atoms with Gasteiger partial charge in [-0.2, -0.15) is 0 Å². The van der Waals surface area contributed by atoms with Crippen molar-refractivity contribution in [2.75, 3.05) is 6.54 Å². The number of thiophene rings is 1. The van der Waals surface area contributed by atoms with Crippen LogP contribution in [0.25, 0.3) is 0 Å². The molecule has 4 rings (SSSR count). The van der Waals surface area contributed by atoms with Gasteiger partial charge in [0, 0.05) is 43.3 Å². The molecule has 0 saturated carbocycles. The number of nitrogens with one attached hydrogen (secondary N) is 1. The van der Waals surface area contributed by atoms with Crippen molar-refractivity contribution in [2.24, 2.45) is 5.92 Å². The summed E-state index contributed by atoms with van der Waals surface area (Å²) in [5.41, 5.74) is 3.70. The lowest BCUT2D eigenvalue weighted by molar-refractivity contribution is -0.129. The highest BCUT2D eigenvalue weighted by Crippen LogP contribution is 2.30. The summed E-state index contributed by atoms with van der Waals surface area (Å²) in [6.07, 6.45) is 8.60. The van der Waals surface area contributed by atoms with E-state index in [1.54, 1.807) is 17.3 Å². The van der Waals surface area contributed by atoms with Crippen molar-refractivity contribution in [1.82, 2.24) is 15.2 Å². The van der Waals surface area contributed by atoms with E-state index in [4.69, 9.17) is 0 Å². The van der Waals surface area contributed by atoms with Crippen molar-refractivity contribution in [2.45, 2.75) is 45.2 Å². The van der Waals surface area contributed by atoms with Crippen molar-refractivity contribution >= 4 is 23.2 Å². The molecular formula is C20H23N3O2S. The quantitative estimate of drug-likeness (QED) is 0.881. The SMILES string of the molecule is O=C(NCc1csc2c1CCCC2)[C@@H]1CC(=O)N(Cc2cccnc2)C1. The van der Waals surface area contributed by atoms with E-state index in [-0.39, 0.29) is 17.7 Å². The lowest BCUT2D eigenvalue weighted by Crippen LogP contribution is -2.32. The van der Waals surface area contributed by atoms with Gasteiger partial charge in [0.1, 0.15) is 0 Å². The second-order valence-electron chi connectivity index (χ2n) is 7.12. The maximum Gasteiger partial charge on any atom is 0.225 e. The van der Waals surface area contributed by atoms with Crippen molar-refractivity contribution in [3.63, 3.8) is 0 Å². The van der Waals surface area contributed by atoms with E-state index in [0.717, 1.165) is 12.0 Å². The predicted octanol–water partition coefficient (Wildman–Crippen LogP) is 2.69. The molecule has 2 aliphatic rings. The molecule has 2 aromatic rings. The number of amides is 2. The van der Waals surface area contributed by atoms with Gasteiger partial charge in [0.05, 0.1) is 5.92 Å². The van der Waals surface area contributed by atoms with E-state index in [2.05, 4.69) is 15.7 Å². The fourth-order valence-corrected chi connectivity index (χ4v) is 5.00. The highest BCUT2D eigenvalue weighted by Gasteiger charge is 2.34. The molecule has 0 unspecified atom stereocenters. The molecule has 0 radical (unpaired) electrons. The van der Waals surface area contributed by atoms with Crippen LogP contribution in [0.15, 0.2) is 29.9 Å². The van der Waals surface area contributed by atoms with Crippen LogP contribution in [0.3, 0.4) is 0 Å². The Labute approximate surface area is 157 Å². The van der Waals surface area contributed by atoms with Crippen LogP contribution in [-0.2, 0) is 35.5 Å². The number of aryl methyl sites for hydroxylation is 1. The number of carbonyl (C=O) groups is 2. The zero-order valence-corrected chi connectivity index (χ0v) is 15.6. The van der Waals surface area contributed by atoms with Crippen LogP contribution in [0.5, 0.6) is 0 Å². The molecule has 1 atom stereocenters. The number of rotatable bonds is 5. The Kier molecular flexibility index (Phi) is 5.02. The lowest BCUT2D eigenvalue weighted by Gasteiger charge is -2.17. The molecule has 1 saturated heterocycles. The van der Waals surface area contributed by atoms with E-state index in [1.165, 1.54) is 35.3 Å². The van der Waals surface area contributed by atoms with Crippen LogP contribution in [0.2, 0.25) is 0 Å². The molecule has 1 fully saturated rings. The highest BCUT2D eigenvalue weighted by molar-refractivity contribution is 7.10. The minimum atomic E-state index is -0.256. The molecule has 0 aromatic carbocycles. The first kappa shape index (κ1) is 17.2. The van der Waals surface area contributed by atoms with Gasteiger partial charge in [0.2, 0.25) is 11.8 Å². The third kappa shape index (κ3) is 3.65. The summed E-state index contributed by atoms with van der Waals surface area (Å²) in [5.74, 6) is -0.224. The number of carbonyl (C=O) groups excluding carboxylic acids is 2. The summed E-state index contributed by atoms with van der Waals surface area (Å²) in [6.45, 7) is 1.59. The molecule has 2 aromatic heterocycles. The third-order valence-electron chi connectivity index (χ3n) is 5.28. The first-order chi connectivity index (χ1) is 12.7. The molecule has 0 bridgehead atoms. The van der Waals surface area contributed by atoms with Crippen LogP contribution in [-0.4, -0.2) is 28.2 Å². The minimum absolute atomic E-state index is 0.0113. The smallest absolute Gasteiger partial charge is 0.225 e. The molecule has 1 N–H and O–H groups in total. The van der Waals surface area contributed by atoms with Gasteiger partial charge in [0.25, 0.3) is 0 Å². The molecule has 0 spiro atoms.